The van der Waals surface area contributed by atoms with Crippen molar-refractivity contribution in [2.45, 2.75) is 25.7 Å². The fraction of sp³-hybridized carbons (Fsp3) is 0.889. The number of carboxylic acids is 1. The Bertz CT molecular complexity index is 210. The summed E-state index contributed by atoms with van der Waals surface area (Å²) in [5.41, 5.74) is -0.109. The Balaban J connectivity index is 2.01. The normalized spacial score (nSPS) is 28.1. The molecule has 2 aliphatic carbocycles. The Kier molecular flexibility index (Phi) is 1.49. The highest BCUT2D eigenvalue weighted by atomic mass is 16.5. The average molecular weight is 170 g/mol. The van der Waals surface area contributed by atoms with Crippen LogP contribution in [0.4, 0.5) is 0 Å². The van der Waals surface area contributed by atoms with E-state index in [-0.39, 0.29) is 0 Å². The topological polar surface area (TPSA) is 46.5 Å². The molecule has 1 spiro atoms. The van der Waals surface area contributed by atoms with Crippen molar-refractivity contribution in [1.82, 2.24) is 0 Å². The van der Waals surface area contributed by atoms with Crippen molar-refractivity contribution < 1.29 is 14.6 Å². The highest BCUT2D eigenvalue weighted by Gasteiger charge is 2.64. The van der Waals surface area contributed by atoms with Crippen LogP contribution in [0.15, 0.2) is 0 Å². The molecule has 0 saturated heterocycles. The molecule has 0 amide bonds. The Morgan fingerprint density at radius 3 is 2.42 bits per heavy atom. The van der Waals surface area contributed by atoms with Crippen LogP contribution >= 0.6 is 0 Å². The second kappa shape index (κ2) is 2.22. The fourth-order valence-electron chi connectivity index (χ4n) is 2.51. The van der Waals surface area contributed by atoms with Crippen LogP contribution in [0.25, 0.3) is 0 Å². The first-order chi connectivity index (χ1) is 5.63. The van der Waals surface area contributed by atoms with Crippen molar-refractivity contribution in [3.05, 3.63) is 0 Å². The van der Waals surface area contributed by atoms with Crippen LogP contribution in [0, 0.1) is 10.8 Å². The number of aliphatic carboxylic acids is 1. The average Bonchev–Trinajstić information content (AvgIpc) is 2.66. The highest BCUT2D eigenvalue weighted by Crippen LogP contribution is 2.68. The van der Waals surface area contributed by atoms with Crippen LogP contribution in [0.3, 0.4) is 0 Å². The molecule has 0 aromatic rings. The van der Waals surface area contributed by atoms with Crippen molar-refractivity contribution in [3.8, 4) is 0 Å². The summed E-state index contributed by atoms with van der Waals surface area (Å²) in [4.78, 5) is 10.9. The molecule has 12 heavy (non-hydrogen) atoms. The smallest absolute Gasteiger partial charge is 0.312 e. The molecule has 2 aliphatic rings. The van der Waals surface area contributed by atoms with Gasteiger partial charge in [0.25, 0.3) is 0 Å². The van der Waals surface area contributed by atoms with E-state index < -0.39 is 11.4 Å². The van der Waals surface area contributed by atoms with Gasteiger partial charge in [-0.2, -0.15) is 0 Å². The fourth-order valence-corrected chi connectivity index (χ4v) is 2.51. The molecule has 3 heteroatoms. The van der Waals surface area contributed by atoms with E-state index >= 15 is 0 Å². The van der Waals surface area contributed by atoms with Crippen LogP contribution in [0.1, 0.15) is 25.7 Å². The van der Waals surface area contributed by atoms with Gasteiger partial charge in [0.05, 0.1) is 12.0 Å². The third-order valence-electron chi connectivity index (χ3n) is 3.26. The lowest BCUT2D eigenvalue weighted by Crippen LogP contribution is -2.48. The summed E-state index contributed by atoms with van der Waals surface area (Å²) >= 11 is 0. The maximum atomic E-state index is 10.9. The molecule has 0 aromatic heterocycles. The first-order valence-corrected chi connectivity index (χ1v) is 4.35. The van der Waals surface area contributed by atoms with Crippen molar-refractivity contribution in [2.75, 3.05) is 13.7 Å². The van der Waals surface area contributed by atoms with E-state index in [0.717, 1.165) is 12.8 Å². The minimum Gasteiger partial charge on any atom is -0.481 e. The first kappa shape index (κ1) is 8.05. The lowest BCUT2D eigenvalue weighted by atomic mass is 9.60. The number of hydrogen-bond acceptors (Lipinski definition) is 2. The molecule has 0 atom stereocenters. The molecule has 68 valence electrons. The largest absolute Gasteiger partial charge is 0.481 e. The highest BCUT2D eigenvalue weighted by molar-refractivity contribution is 5.76. The molecule has 2 rings (SSSR count). The summed E-state index contributed by atoms with van der Waals surface area (Å²) in [5, 5.41) is 8.99. The molecule has 2 fully saturated rings. The molecule has 0 aliphatic heterocycles. The van der Waals surface area contributed by atoms with Gasteiger partial charge in [0, 0.05) is 7.11 Å². The van der Waals surface area contributed by atoms with E-state index in [4.69, 9.17) is 9.84 Å². The molecule has 1 N–H and O–H groups in total. The van der Waals surface area contributed by atoms with Gasteiger partial charge in [-0.15, -0.1) is 0 Å². The Labute approximate surface area is 71.7 Å². The third kappa shape index (κ3) is 0.959. The third-order valence-corrected chi connectivity index (χ3v) is 3.26. The van der Waals surface area contributed by atoms with E-state index in [1.807, 2.05) is 0 Å². The van der Waals surface area contributed by atoms with Gasteiger partial charge in [-0.3, -0.25) is 4.79 Å². The van der Waals surface area contributed by atoms with Crippen LogP contribution < -0.4 is 0 Å². The molecular formula is C9H14O3. The zero-order chi connectivity index (χ0) is 8.82. The number of carboxylic acid groups (broad SMARTS) is 1. The summed E-state index contributed by atoms with van der Waals surface area (Å²) in [6.45, 7) is 0.379. The van der Waals surface area contributed by atoms with E-state index in [1.54, 1.807) is 7.11 Å². The lowest BCUT2D eigenvalue weighted by Gasteiger charge is -2.44. The maximum Gasteiger partial charge on any atom is 0.312 e. The zero-order valence-electron chi connectivity index (χ0n) is 7.30. The number of ether oxygens (including phenoxy) is 1. The molecule has 0 radical (unpaired) electrons. The standard InChI is InChI=1S/C9H14O3/c1-12-6-9(7(10)11)4-8(5-9)2-3-8/h2-6H2,1H3,(H,10,11). The number of methoxy groups -OCH3 is 1. The summed E-state index contributed by atoms with van der Waals surface area (Å²) in [5.74, 6) is -0.679. The van der Waals surface area contributed by atoms with Gasteiger partial charge in [-0.05, 0) is 31.1 Å². The Morgan fingerprint density at radius 1 is 1.50 bits per heavy atom. The lowest BCUT2D eigenvalue weighted by molar-refractivity contribution is -0.165. The van der Waals surface area contributed by atoms with Crippen molar-refractivity contribution in [2.24, 2.45) is 10.8 Å². The van der Waals surface area contributed by atoms with Gasteiger partial charge >= 0.3 is 5.97 Å². The van der Waals surface area contributed by atoms with Gasteiger partial charge in [0.2, 0.25) is 0 Å². The van der Waals surface area contributed by atoms with E-state index in [2.05, 4.69) is 0 Å². The number of hydrogen-bond donors (Lipinski definition) is 1. The number of rotatable bonds is 3. The monoisotopic (exact) mass is 170 g/mol. The minimum absolute atomic E-state index is 0.379. The minimum atomic E-state index is -0.679. The maximum absolute atomic E-state index is 10.9. The second-order valence-electron chi connectivity index (χ2n) is 4.37. The molecular weight excluding hydrogens is 156 g/mol. The van der Waals surface area contributed by atoms with Crippen LogP contribution in [-0.4, -0.2) is 24.8 Å². The van der Waals surface area contributed by atoms with Gasteiger partial charge in [-0.1, -0.05) is 0 Å². The quantitative estimate of drug-likeness (QED) is 0.694. The van der Waals surface area contributed by atoms with E-state index in [9.17, 15) is 4.79 Å². The van der Waals surface area contributed by atoms with Crippen LogP contribution in [0.5, 0.6) is 0 Å². The van der Waals surface area contributed by atoms with E-state index in [0.29, 0.717) is 12.0 Å². The molecule has 0 unspecified atom stereocenters. The van der Waals surface area contributed by atoms with Gasteiger partial charge in [0.1, 0.15) is 0 Å². The van der Waals surface area contributed by atoms with Crippen molar-refractivity contribution in [1.29, 1.82) is 0 Å². The summed E-state index contributed by atoms with van der Waals surface area (Å²) in [6, 6.07) is 0. The first-order valence-electron chi connectivity index (χ1n) is 4.35. The van der Waals surface area contributed by atoms with Crippen LogP contribution in [0.2, 0.25) is 0 Å². The van der Waals surface area contributed by atoms with E-state index in [1.165, 1.54) is 12.8 Å². The molecule has 2 saturated carbocycles. The summed E-state index contributed by atoms with van der Waals surface area (Å²) in [7, 11) is 1.57. The van der Waals surface area contributed by atoms with Gasteiger partial charge in [0.15, 0.2) is 0 Å². The molecule has 0 aromatic carbocycles. The summed E-state index contributed by atoms with van der Waals surface area (Å²) in [6.07, 6.45) is 4.13. The predicted octanol–water partition coefficient (Wildman–Crippen LogP) is 1.28. The zero-order valence-corrected chi connectivity index (χ0v) is 7.30. The Hall–Kier alpha value is -0.570. The molecule has 3 nitrogen and oxygen atoms in total. The Morgan fingerprint density at radius 2 is 2.08 bits per heavy atom. The van der Waals surface area contributed by atoms with Crippen LogP contribution in [-0.2, 0) is 9.53 Å². The second-order valence-corrected chi connectivity index (χ2v) is 4.37. The predicted molar refractivity (Wildman–Crippen MR) is 42.8 cm³/mol. The summed E-state index contributed by atoms with van der Waals surface area (Å²) < 4.78 is 4.95. The molecule has 0 heterocycles. The molecule has 0 bridgehead atoms. The SMILES string of the molecule is COCC1(C(=O)O)CC2(CC2)C1. The number of carbonyl (C=O) groups is 1. The van der Waals surface area contributed by atoms with Gasteiger partial charge < -0.3 is 9.84 Å². The van der Waals surface area contributed by atoms with Crippen molar-refractivity contribution >= 4 is 5.97 Å². The van der Waals surface area contributed by atoms with Crippen molar-refractivity contribution in [3.63, 3.8) is 0 Å². The van der Waals surface area contributed by atoms with Gasteiger partial charge in [-0.25, -0.2) is 0 Å².